The average Bonchev–Trinajstić information content (AvgIpc) is 3.52. The van der Waals surface area contributed by atoms with Crippen LogP contribution in [0.2, 0.25) is 0 Å². The van der Waals surface area contributed by atoms with E-state index in [-0.39, 0.29) is 11.9 Å². The summed E-state index contributed by atoms with van der Waals surface area (Å²) in [6.45, 7) is 4.10. The Morgan fingerprint density at radius 2 is 1.58 bits per heavy atom. The SMILES string of the molecule is O=C(NC1CC1)C(NCc1ccccc1-c1ccc(CN2CCCC2)cc1)c1ccccc1. The lowest BCUT2D eigenvalue weighted by molar-refractivity contribution is -0.123. The summed E-state index contributed by atoms with van der Waals surface area (Å²) in [4.78, 5) is 15.5. The summed E-state index contributed by atoms with van der Waals surface area (Å²) in [6.07, 6.45) is 4.82. The molecule has 1 atom stereocenters. The number of benzene rings is 3. The van der Waals surface area contributed by atoms with Gasteiger partial charge in [-0.3, -0.25) is 15.0 Å². The third-order valence-corrected chi connectivity index (χ3v) is 6.70. The fourth-order valence-corrected chi connectivity index (χ4v) is 4.68. The van der Waals surface area contributed by atoms with Crippen LogP contribution in [0.1, 0.15) is 48.4 Å². The Balaban J connectivity index is 1.31. The normalized spacial score (nSPS) is 17.1. The highest BCUT2D eigenvalue weighted by Crippen LogP contribution is 2.26. The maximum absolute atomic E-state index is 13.0. The van der Waals surface area contributed by atoms with E-state index in [0.717, 1.165) is 24.9 Å². The molecule has 5 rings (SSSR count). The first-order valence-electron chi connectivity index (χ1n) is 12.2. The van der Waals surface area contributed by atoms with Gasteiger partial charge in [-0.1, -0.05) is 78.9 Å². The molecular formula is C29H33N3O. The predicted octanol–water partition coefficient (Wildman–Crippen LogP) is 5.06. The molecule has 3 aromatic carbocycles. The molecule has 0 aromatic heterocycles. The van der Waals surface area contributed by atoms with Crippen molar-refractivity contribution in [3.05, 3.63) is 95.6 Å². The molecule has 3 aromatic rings. The molecule has 170 valence electrons. The molecular weight excluding hydrogens is 406 g/mol. The van der Waals surface area contributed by atoms with Gasteiger partial charge in [-0.25, -0.2) is 0 Å². The van der Waals surface area contributed by atoms with Gasteiger partial charge in [-0.15, -0.1) is 0 Å². The predicted molar refractivity (Wildman–Crippen MR) is 134 cm³/mol. The molecule has 0 spiro atoms. The minimum atomic E-state index is -0.359. The van der Waals surface area contributed by atoms with Crippen molar-refractivity contribution >= 4 is 5.91 Å². The first-order chi connectivity index (χ1) is 16.3. The number of likely N-dealkylation sites (tertiary alicyclic amines) is 1. The molecule has 1 amide bonds. The number of amides is 1. The maximum Gasteiger partial charge on any atom is 0.241 e. The molecule has 2 fully saturated rings. The van der Waals surface area contributed by atoms with Crippen LogP contribution in [0.4, 0.5) is 0 Å². The summed E-state index contributed by atoms with van der Waals surface area (Å²) >= 11 is 0. The van der Waals surface area contributed by atoms with Crippen molar-refractivity contribution in [1.82, 2.24) is 15.5 Å². The summed E-state index contributed by atoms with van der Waals surface area (Å²) in [7, 11) is 0. The standard InChI is InChI=1S/C29H33N3O/c33-29(31-26-16-17-26)28(24-8-2-1-3-9-24)30-20-25-10-4-5-11-27(25)23-14-12-22(13-15-23)21-32-18-6-7-19-32/h1-5,8-15,26,28,30H,6-7,16-21H2,(H,31,33). The van der Waals surface area contributed by atoms with E-state index in [1.54, 1.807) is 0 Å². The summed E-state index contributed by atoms with van der Waals surface area (Å²) in [5, 5.41) is 6.70. The lowest BCUT2D eigenvalue weighted by atomic mass is 9.98. The van der Waals surface area contributed by atoms with E-state index >= 15 is 0 Å². The molecule has 2 N–H and O–H groups in total. The molecule has 33 heavy (non-hydrogen) atoms. The maximum atomic E-state index is 13.0. The van der Waals surface area contributed by atoms with E-state index in [4.69, 9.17) is 0 Å². The molecule has 1 aliphatic heterocycles. The van der Waals surface area contributed by atoms with E-state index in [0.29, 0.717) is 12.6 Å². The third kappa shape index (κ3) is 5.70. The smallest absolute Gasteiger partial charge is 0.241 e. The number of rotatable bonds is 9. The van der Waals surface area contributed by atoms with Crippen molar-refractivity contribution < 1.29 is 4.79 Å². The highest BCUT2D eigenvalue weighted by Gasteiger charge is 2.28. The van der Waals surface area contributed by atoms with Crippen molar-refractivity contribution in [3.63, 3.8) is 0 Å². The van der Waals surface area contributed by atoms with Gasteiger partial charge < -0.3 is 5.32 Å². The second-order valence-corrected chi connectivity index (χ2v) is 9.34. The fraction of sp³-hybridized carbons (Fsp3) is 0.345. The first kappa shape index (κ1) is 21.9. The molecule has 1 saturated heterocycles. The lowest BCUT2D eigenvalue weighted by Gasteiger charge is -2.20. The summed E-state index contributed by atoms with van der Waals surface area (Å²) in [5.74, 6) is 0.0625. The number of nitrogens with one attached hydrogen (secondary N) is 2. The quantitative estimate of drug-likeness (QED) is 0.490. The number of hydrogen-bond donors (Lipinski definition) is 2. The zero-order chi connectivity index (χ0) is 22.5. The van der Waals surface area contributed by atoms with E-state index in [2.05, 4.69) is 64.1 Å². The largest absolute Gasteiger partial charge is 0.352 e. The summed E-state index contributed by atoms with van der Waals surface area (Å²) < 4.78 is 0. The Morgan fingerprint density at radius 1 is 0.879 bits per heavy atom. The average molecular weight is 440 g/mol. The molecule has 1 heterocycles. The number of hydrogen-bond acceptors (Lipinski definition) is 3. The topological polar surface area (TPSA) is 44.4 Å². The molecule has 0 radical (unpaired) electrons. The van der Waals surface area contributed by atoms with Gasteiger partial charge in [0.25, 0.3) is 0 Å². The minimum absolute atomic E-state index is 0.0625. The van der Waals surface area contributed by atoms with Crippen LogP contribution in [-0.2, 0) is 17.9 Å². The Bertz CT molecular complexity index is 1050. The molecule has 2 aliphatic rings. The zero-order valence-electron chi connectivity index (χ0n) is 19.2. The summed E-state index contributed by atoms with van der Waals surface area (Å²) in [6, 6.07) is 27.5. The molecule has 4 heteroatoms. The van der Waals surface area contributed by atoms with Crippen LogP contribution < -0.4 is 10.6 Å². The molecule has 1 unspecified atom stereocenters. The van der Waals surface area contributed by atoms with Crippen LogP contribution in [0.3, 0.4) is 0 Å². The van der Waals surface area contributed by atoms with Gasteiger partial charge in [-0.05, 0) is 66.6 Å². The Kier molecular flexibility index (Phi) is 6.84. The molecule has 4 nitrogen and oxygen atoms in total. The van der Waals surface area contributed by atoms with Crippen molar-refractivity contribution in [1.29, 1.82) is 0 Å². The van der Waals surface area contributed by atoms with Crippen LogP contribution in [0.5, 0.6) is 0 Å². The second-order valence-electron chi connectivity index (χ2n) is 9.34. The van der Waals surface area contributed by atoms with Crippen LogP contribution in [-0.4, -0.2) is 29.9 Å². The Hall–Kier alpha value is -2.95. The number of nitrogens with zero attached hydrogens (tertiary/aromatic N) is 1. The molecule has 1 aliphatic carbocycles. The van der Waals surface area contributed by atoms with Crippen molar-refractivity contribution in [2.45, 2.75) is 50.9 Å². The van der Waals surface area contributed by atoms with Crippen LogP contribution in [0.25, 0.3) is 11.1 Å². The van der Waals surface area contributed by atoms with Gasteiger partial charge in [0.05, 0.1) is 0 Å². The van der Waals surface area contributed by atoms with E-state index < -0.39 is 0 Å². The first-order valence-corrected chi connectivity index (χ1v) is 12.2. The van der Waals surface area contributed by atoms with Crippen molar-refractivity contribution in [3.8, 4) is 11.1 Å². The van der Waals surface area contributed by atoms with Gasteiger partial charge in [-0.2, -0.15) is 0 Å². The highest BCUT2D eigenvalue weighted by atomic mass is 16.2. The Labute approximate surface area is 197 Å². The van der Waals surface area contributed by atoms with E-state index in [9.17, 15) is 4.79 Å². The summed E-state index contributed by atoms with van der Waals surface area (Å²) in [5.41, 5.74) is 6.00. The van der Waals surface area contributed by atoms with Gasteiger partial charge in [0.2, 0.25) is 5.91 Å². The van der Waals surface area contributed by atoms with Gasteiger partial charge in [0.15, 0.2) is 0 Å². The van der Waals surface area contributed by atoms with Gasteiger partial charge in [0, 0.05) is 19.1 Å². The number of carbonyl (C=O) groups is 1. The zero-order valence-corrected chi connectivity index (χ0v) is 19.2. The second kappa shape index (κ2) is 10.3. The molecule has 1 saturated carbocycles. The van der Waals surface area contributed by atoms with E-state index in [1.165, 1.54) is 48.2 Å². The number of carbonyl (C=O) groups excluding carboxylic acids is 1. The monoisotopic (exact) mass is 439 g/mol. The third-order valence-electron chi connectivity index (χ3n) is 6.70. The van der Waals surface area contributed by atoms with Crippen molar-refractivity contribution in [2.75, 3.05) is 13.1 Å². The van der Waals surface area contributed by atoms with Gasteiger partial charge >= 0.3 is 0 Å². The Morgan fingerprint density at radius 3 is 2.30 bits per heavy atom. The van der Waals surface area contributed by atoms with Crippen LogP contribution in [0.15, 0.2) is 78.9 Å². The minimum Gasteiger partial charge on any atom is -0.352 e. The van der Waals surface area contributed by atoms with Crippen LogP contribution in [0, 0.1) is 0 Å². The van der Waals surface area contributed by atoms with Crippen molar-refractivity contribution in [2.24, 2.45) is 0 Å². The molecule has 0 bridgehead atoms. The highest BCUT2D eigenvalue weighted by molar-refractivity contribution is 5.83. The van der Waals surface area contributed by atoms with E-state index in [1.807, 2.05) is 30.3 Å². The van der Waals surface area contributed by atoms with Gasteiger partial charge in [0.1, 0.15) is 6.04 Å². The van der Waals surface area contributed by atoms with Crippen LogP contribution >= 0.6 is 0 Å². The lowest BCUT2D eigenvalue weighted by Crippen LogP contribution is -2.38. The fourth-order valence-electron chi connectivity index (χ4n) is 4.68.